The van der Waals surface area contributed by atoms with Crippen LogP contribution in [0.2, 0.25) is 0 Å². The van der Waals surface area contributed by atoms with Gasteiger partial charge in [0.05, 0.1) is 19.1 Å². The number of carbonyl (C=O) groups excluding carboxylic acids is 2. The quantitative estimate of drug-likeness (QED) is 0.743. The van der Waals surface area contributed by atoms with Gasteiger partial charge < -0.3 is 14.5 Å². The first kappa shape index (κ1) is 19.3. The first-order valence-corrected chi connectivity index (χ1v) is 10.3. The monoisotopic (exact) mass is 391 g/mol. The zero-order chi connectivity index (χ0) is 19.5. The third-order valence-corrected chi connectivity index (χ3v) is 6.25. The summed E-state index contributed by atoms with van der Waals surface area (Å²) in [6.45, 7) is 7.74. The van der Waals surface area contributed by atoms with E-state index in [0.29, 0.717) is 56.8 Å². The topological polar surface area (TPSA) is 92.0 Å². The van der Waals surface area contributed by atoms with Crippen molar-refractivity contribution < 1.29 is 19.0 Å². The second-order valence-electron chi connectivity index (χ2n) is 7.99. The molecule has 4 heterocycles. The second kappa shape index (κ2) is 8.57. The van der Waals surface area contributed by atoms with Gasteiger partial charge in [-0.2, -0.15) is 0 Å². The van der Waals surface area contributed by atoms with E-state index in [4.69, 9.17) is 4.74 Å². The highest BCUT2D eigenvalue weighted by Gasteiger charge is 2.35. The van der Waals surface area contributed by atoms with Crippen LogP contribution in [0, 0.1) is 12.8 Å². The molecule has 1 aromatic rings. The van der Waals surface area contributed by atoms with Crippen LogP contribution in [0.25, 0.3) is 0 Å². The van der Waals surface area contributed by atoms with Crippen molar-refractivity contribution in [3.05, 3.63) is 11.4 Å². The van der Waals surface area contributed by atoms with E-state index < -0.39 is 0 Å². The summed E-state index contributed by atoms with van der Waals surface area (Å²) in [5.74, 6) is 0.279. The molecule has 1 atom stereocenters. The predicted molar refractivity (Wildman–Crippen MR) is 99.7 cm³/mol. The molecule has 1 aromatic heterocycles. The molecule has 0 aromatic carbocycles. The smallest absolute Gasteiger partial charge is 0.278 e. The van der Waals surface area contributed by atoms with Crippen molar-refractivity contribution in [3.63, 3.8) is 0 Å². The predicted octanol–water partition coefficient (Wildman–Crippen LogP) is 0.553. The molecule has 0 radical (unpaired) electrons. The SMILES string of the molecule is Cc1nonc1C(=O)N1CCC(N2CCCC(C(=O)N3CCOCC3)C2)CC1. The molecule has 9 nitrogen and oxygen atoms in total. The molecule has 0 saturated carbocycles. The number of ether oxygens (including phenoxy) is 1. The van der Waals surface area contributed by atoms with Gasteiger partial charge in [0.25, 0.3) is 5.91 Å². The summed E-state index contributed by atoms with van der Waals surface area (Å²) < 4.78 is 10.0. The summed E-state index contributed by atoms with van der Waals surface area (Å²) in [5, 5.41) is 7.43. The molecule has 4 rings (SSSR count). The highest BCUT2D eigenvalue weighted by molar-refractivity contribution is 5.93. The maximum absolute atomic E-state index is 12.9. The molecule has 1 unspecified atom stereocenters. The Kier molecular flexibility index (Phi) is 5.91. The lowest BCUT2D eigenvalue weighted by Crippen LogP contribution is -2.53. The fourth-order valence-electron chi connectivity index (χ4n) is 4.59. The molecule has 3 aliphatic rings. The Morgan fingerprint density at radius 1 is 0.964 bits per heavy atom. The Bertz CT molecular complexity index is 694. The van der Waals surface area contributed by atoms with Crippen molar-refractivity contribution in [1.29, 1.82) is 0 Å². The molecule has 2 amide bonds. The van der Waals surface area contributed by atoms with Crippen molar-refractivity contribution in [2.45, 2.75) is 38.6 Å². The normalized spacial score (nSPS) is 25.1. The van der Waals surface area contributed by atoms with Crippen LogP contribution < -0.4 is 0 Å². The van der Waals surface area contributed by atoms with E-state index in [1.165, 1.54) is 0 Å². The maximum Gasteiger partial charge on any atom is 0.278 e. The molecule has 3 aliphatic heterocycles. The van der Waals surface area contributed by atoms with Crippen molar-refractivity contribution in [3.8, 4) is 0 Å². The van der Waals surface area contributed by atoms with Gasteiger partial charge in [-0.25, -0.2) is 4.63 Å². The molecule has 0 N–H and O–H groups in total. The summed E-state index contributed by atoms with van der Waals surface area (Å²) in [4.78, 5) is 31.7. The van der Waals surface area contributed by atoms with E-state index in [2.05, 4.69) is 19.8 Å². The van der Waals surface area contributed by atoms with Gasteiger partial charge in [-0.05, 0) is 44.3 Å². The molecule has 154 valence electrons. The number of likely N-dealkylation sites (tertiary alicyclic amines) is 2. The Labute approximate surface area is 164 Å². The van der Waals surface area contributed by atoms with Crippen LogP contribution in [-0.4, -0.2) is 95.4 Å². The third-order valence-electron chi connectivity index (χ3n) is 6.25. The van der Waals surface area contributed by atoms with Gasteiger partial charge >= 0.3 is 0 Å². The van der Waals surface area contributed by atoms with E-state index >= 15 is 0 Å². The standard InChI is InChI=1S/C19H29N5O4/c1-14-17(21-28-20-14)19(26)22-7-4-16(5-8-22)24-6-2-3-15(13-24)18(25)23-9-11-27-12-10-23/h15-16H,2-13H2,1H3. The largest absolute Gasteiger partial charge is 0.378 e. The lowest BCUT2D eigenvalue weighted by atomic mass is 9.92. The number of aryl methyl sites for hydroxylation is 1. The van der Waals surface area contributed by atoms with Crippen molar-refractivity contribution >= 4 is 11.8 Å². The number of piperidine rings is 2. The van der Waals surface area contributed by atoms with Crippen molar-refractivity contribution in [2.75, 3.05) is 52.5 Å². The van der Waals surface area contributed by atoms with E-state index in [1.54, 1.807) is 6.92 Å². The van der Waals surface area contributed by atoms with E-state index in [1.807, 2.05) is 9.80 Å². The Balaban J connectivity index is 1.30. The van der Waals surface area contributed by atoms with Gasteiger partial charge in [-0.15, -0.1) is 0 Å². The van der Waals surface area contributed by atoms with Gasteiger partial charge in [0, 0.05) is 38.8 Å². The summed E-state index contributed by atoms with van der Waals surface area (Å²) in [6.07, 6.45) is 3.88. The number of hydrogen-bond acceptors (Lipinski definition) is 7. The first-order valence-electron chi connectivity index (χ1n) is 10.3. The van der Waals surface area contributed by atoms with Gasteiger partial charge in [-0.1, -0.05) is 5.16 Å². The zero-order valence-corrected chi connectivity index (χ0v) is 16.5. The molecule has 0 bridgehead atoms. The average Bonchev–Trinajstić information content (AvgIpc) is 3.19. The summed E-state index contributed by atoms with van der Waals surface area (Å²) >= 11 is 0. The van der Waals surface area contributed by atoms with Gasteiger partial charge in [0.15, 0.2) is 5.69 Å². The average molecular weight is 391 g/mol. The van der Waals surface area contributed by atoms with E-state index in [9.17, 15) is 9.59 Å². The van der Waals surface area contributed by atoms with Crippen LogP contribution in [0.3, 0.4) is 0 Å². The van der Waals surface area contributed by atoms with E-state index in [-0.39, 0.29) is 17.7 Å². The lowest BCUT2D eigenvalue weighted by molar-refractivity contribution is -0.141. The Hall–Kier alpha value is -2.00. The highest BCUT2D eigenvalue weighted by atomic mass is 16.6. The van der Waals surface area contributed by atoms with Gasteiger partial charge in [0.2, 0.25) is 5.91 Å². The molecular weight excluding hydrogens is 362 g/mol. The van der Waals surface area contributed by atoms with Crippen LogP contribution in [0.1, 0.15) is 41.9 Å². The van der Waals surface area contributed by atoms with Crippen LogP contribution in [0.4, 0.5) is 0 Å². The Morgan fingerprint density at radius 2 is 1.71 bits per heavy atom. The summed E-state index contributed by atoms with van der Waals surface area (Å²) in [5.41, 5.74) is 0.847. The number of rotatable bonds is 3. The fraction of sp³-hybridized carbons (Fsp3) is 0.789. The minimum atomic E-state index is -0.101. The molecule has 0 spiro atoms. The highest BCUT2D eigenvalue weighted by Crippen LogP contribution is 2.26. The Morgan fingerprint density at radius 3 is 2.39 bits per heavy atom. The number of hydrogen-bond donors (Lipinski definition) is 0. The molecule has 28 heavy (non-hydrogen) atoms. The van der Waals surface area contributed by atoms with Crippen LogP contribution in [0.15, 0.2) is 4.63 Å². The second-order valence-corrected chi connectivity index (χ2v) is 7.99. The fourth-order valence-corrected chi connectivity index (χ4v) is 4.59. The van der Waals surface area contributed by atoms with Crippen LogP contribution in [-0.2, 0) is 9.53 Å². The first-order chi connectivity index (χ1) is 13.6. The molecule has 0 aliphatic carbocycles. The lowest BCUT2D eigenvalue weighted by Gasteiger charge is -2.42. The molecular formula is C19H29N5O4. The van der Waals surface area contributed by atoms with Crippen LogP contribution in [0.5, 0.6) is 0 Å². The minimum Gasteiger partial charge on any atom is -0.378 e. The van der Waals surface area contributed by atoms with Crippen molar-refractivity contribution in [1.82, 2.24) is 25.0 Å². The zero-order valence-electron chi connectivity index (χ0n) is 16.5. The molecule has 3 fully saturated rings. The summed E-state index contributed by atoms with van der Waals surface area (Å²) in [7, 11) is 0. The molecule has 3 saturated heterocycles. The van der Waals surface area contributed by atoms with Gasteiger partial charge in [0.1, 0.15) is 5.69 Å². The number of morpholine rings is 1. The molecule has 9 heteroatoms. The number of carbonyl (C=O) groups is 2. The number of nitrogens with zero attached hydrogens (tertiary/aromatic N) is 5. The third kappa shape index (κ3) is 4.05. The number of aromatic nitrogens is 2. The maximum atomic E-state index is 12.9. The van der Waals surface area contributed by atoms with Crippen LogP contribution >= 0.6 is 0 Å². The minimum absolute atomic E-state index is 0.0929. The number of amides is 2. The van der Waals surface area contributed by atoms with Crippen molar-refractivity contribution in [2.24, 2.45) is 5.92 Å². The van der Waals surface area contributed by atoms with E-state index in [0.717, 1.165) is 38.8 Å². The summed E-state index contributed by atoms with van der Waals surface area (Å²) in [6, 6.07) is 0.431. The van der Waals surface area contributed by atoms with Gasteiger partial charge in [-0.3, -0.25) is 14.5 Å².